The number of hydrogen-bond acceptors (Lipinski definition) is 11. The van der Waals surface area contributed by atoms with Crippen LogP contribution in [0, 0.1) is 0 Å². The minimum Gasteiger partial charge on any atom is -0.479 e. The first kappa shape index (κ1) is 76.1. The Morgan fingerprint density at radius 3 is 1.18 bits per heavy atom. The number of aliphatic hydroxyl groups excluding tert-OH is 2. The maximum atomic E-state index is 13.2. The summed E-state index contributed by atoms with van der Waals surface area (Å²) < 4.78 is 28.5. The molecule has 83 heavy (non-hydrogen) atoms. The summed E-state index contributed by atoms with van der Waals surface area (Å²) in [6, 6.07) is 0. The zero-order chi connectivity index (χ0) is 60.3. The smallest absolute Gasteiger partial charge is 0.335 e. The van der Waals surface area contributed by atoms with Gasteiger partial charge in [0.25, 0.3) is 0 Å². The molecule has 0 radical (unpaired) electrons. The SMILES string of the molecule is CC/C=C\C/C=C\C/C=C\C/C=C\C/C=C\CCCCCC(=O)OCC(COC1OC(C(=O)O)C(O)C(O)C1OC(=O)CCCCCC/C=C\C/C=C\C/C=C\C/C=C\CC)OC(=O)CCCCCCCCC/C=C\CCCCCCCC. The molecular weight excluding hydrogens is 1040 g/mol. The number of unbranched alkanes of at least 4 members (excludes halogenated alkanes) is 20. The van der Waals surface area contributed by atoms with Gasteiger partial charge in [0.1, 0.15) is 18.8 Å². The average Bonchev–Trinajstić information content (AvgIpc) is 3.59. The molecule has 0 aromatic carbocycles. The lowest BCUT2D eigenvalue weighted by molar-refractivity contribution is -0.301. The van der Waals surface area contributed by atoms with E-state index in [1.165, 1.54) is 57.8 Å². The van der Waals surface area contributed by atoms with Gasteiger partial charge in [-0.25, -0.2) is 4.79 Å². The van der Waals surface area contributed by atoms with Gasteiger partial charge >= 0.3 is 23.9 Å². The Morgan fingerprint density at radius 1 is 0.410 bits per heavy atom. The lowest BCUT2D eigenvalue weighted by atomic mass is 9.98. The molecule has 12 heteroatoms. The van der Waals surface area contributed by atoms with Crippen molar-refractivity contribution in [2.24, 2.45) is 0 Å². The summed E-state index contributed by atoms with van der Waals surface area (Å²) in [5, 5.41) is 31.6. The summed E-state index contributed by atoms with van der Waals surface area (Å²) in [5.41, 5.74) is 0. The van der Waals surface area contributed by atoms with Crippen LogP contribution in [0.1, 0.15) is 252 Å². The number of aliphatic hydroxyl groups is 2. The Bertz CT molecular complexity index is 1900. The molecule has 0 amide bonds. The molecule has 0 bridgehead atoms. The third-order valence-electron chi connectivity index (χ3n) is 14.0. The number of carboxylic acids is 1. The van der Waals surface area contributed by atoms with E-state index in [0.717, 1.165) is 135 Å². The molecule has 1 rings (SSSR count). The van der Waals surface area contributed by atoms with Gasteiger partial charge in [-0.2, -0.15) is 0 Å². The van der Waals surface area contributed by atoms with Crippen LogP contribution < -0.4 is 0 Å². The molecule has 1 aliphatic heterocycles. The van der Waals surface area contributed by atoms with Gasteiger partial charge in [-0.15, -0.1) is 0 Å². The zero-order valence-electron chi connectivity index (χ0n) is 51.9. The normalized spacial score (nSPS) is 18.4. The Hall–Kier alpha value is -4.88. The van der Waals surface area contributed by atoms with E-state index in [9.17, 15) is 34.5 Å². The number of ether oxygens (including phenoxy) is 5. The molecule has 0 aromatic rings. The summed E-state index contributed by atoms with van der Waals surface area (Å²) in [5.74, 6) is -3.21. The number of carboxylic acid groups (broad SMARTS) is 1. The van der Waals surface area contributed by atoms with E-state index < -0.39 is 67.3 Å². The van der Waals surface area contributed by atoms with E-state index in [1.54, 1.807) is 0 Å². The highest BCUT2D eigenvalue weighted by molar-refractivity contribution is 5.74. The Labute approximate surface area is 503 Å². The highest BCUT2D eigenvalue weighted by Crippen LogP contribution is 2.26. The fourth-order valence-electron chi connectivity index (χ4n) is 9.09. The molecule has 1 fully saturated rings. The minimum atomic E-state index is -1.92. The molecule has 470 valence electrons. The van der Waals surface area contributed by atoms with Crippen LogP contribution in [0.25, 0.3) is 0 Å². The van der Waals surface area contributed by atoms with Crippen molar-refractivity contribution >= 4 is 23.9 Å². The van der Waals surface area contributed by atoms with Crippen LogP contribution in [0.4, 0.5) is 0 Å². The van der Waals surface area contributed by atoms with Gasteiger partial charge in [0.15, 0.2) is 24.6 Å². The second-order valence-corrected chi connectivity index (χ2v) is 21.6. The molecule has 6 unspecified atom stereocenters. The van der Waals surface area contributed by atoms with Crippen LogP contribution in [-0.2, 0) is 42.9 Å². The topological polar surface area (TPSA) is 175 Å². The third-order valence-corrected chi connectivity index (χ3v) is 14.0. The Balaban J connectivity index is 2.71. The van der Waals surface area contributed by atoms with Gasteiger partial charge in [0.2, 0.25) is 0 Å². The van der Waals surface area contributed by atoms with Crippen molar-refractivity contribution in [1.82, 2.24) is 0 Å². The van der Waals surface area contributed by atoms with Crippen molar-refractivity contribution in [3.63, 3.8) is 0 Å². The van der Waals surface area contributed by atoms with Crippen LogP contribution in [0.3, 0.4) is 0 Å². The molecule has 0 saturated carbocycles. The average molecular weight is 1160 g/mol. The Kier molecular flexibility index (Phi) is 52.8. The van der Waals surface area contributed by atoms with Crippen molar-refractivity contribution in [2.45, 2.75) is 289 Å². The van der Waals surface area contributed by atoms with Crippen LogP contribution in [0.15, 0.2) is 122 Å². The van der Waals surface area contributed by atoms with E-state index in [1.807, 2.05) is 0 Å². The highest BCUT2D eigenvalue weighted by atomic mass is 16.7. The molecular formula is C71H114O12. The van der Waals surface area contributed by atoms with Crippen LogP contribution in [0.5, 0.6) is 0 Å². The van der Waals surface area contributed by atoms with Gasteiger partial charge < -0.3 is 39.0 Å². The fourth-order valence-corrected chi connectivity index (χ4v) is 9.09. The van der Waals surface area contributed by atoms with Gasteiger partial charge in [-0.1, -0.05) is 226 Å². The van der Waals surface area contributed by atoms with Crippen molar-refractivity contribution in [2.75, 3.05) is 13.2 Å². The molecule has 1 heterocycles. The highest BCUT2D eigenvalue weighted by Gasteiger charge is 2.50. The zero-order valence-corrected chi connectivity index (χ0v) is 51.9. The van der Waals surface area contributed by atoms with Gasteiger partial charge in [0, 0.05) is 19.3 Å². The summed E-state index contributed by atoms with van der Waals surface area (Å²) in [6.45, 7) is 5.73. The number of carbonyl (C=O) groups is 4. The number of aliphatic carboxylic acids is 1. The first-order valence-electron chi connectivity index (χ1n) is 32.5. The quantitative estimate of drug-likeness (QED) is 0.0228. The van der Waals surface area contributed by atoms with Crippen molar-refractivity contribution in [3.8, 4) is 0 Å². The standard InChI is InChI=1S/C71H114O12/c1-4-7-10-13-16-19-22-25-28-31-32-35-36-39-42-45-48-51-54-57-63(72)79-60-62(81-64(73)58-55-52-49-46-43-40-37-33-29-26-23-20-17-14-11-8-5-2)61-80-71-69(67(76)66(75)68(83-71)70(77)78)82-65(74)59-56-53-50-47-44-41-38-34-30-27-24-21-18-15-12-9-6-3/h7,9-10,12,16,18-19,21,25-30,32,35,38-39,41-42,62,66-69,71,75-76H,4-6,8,11,13-15,17,20,22-24,31,33-34,36-37,40,43-61H2,1-3H3,(H,77,78)/b10-7-,12-9-,19-16-,21-18-,28-25-,29-26-,30-27-,35-32-,41-38-,42-39-. The predicted octanol–water partition coefficient (Wildman–Crippen LogP) is 17.6. The number of rotatable bonds is 54. The van der Waals surface area contributed by atoms with Gasteiger partial charge in [-0.05, 0) is 128 Å². The maximum absolute atomic E-state index is 13.2. The molecule has 12 nitrogen and oxygen atoms in total. The molecule has 0 spiro atoms. The van der Waals surface area contributed by atoms with Crippen molar-refractivity contribution < 1.29 is 58.2 Å². The van der Waals surface area contributed by atoms with E-state index in [4.69, 9.17) is 23.7 Å². The molecule has 3 N–H and O–H groups in total. The predicted molar refractivity (Wildman–Crippen MR) is 340 cm³/mol. The number of esters is 3. The fraction of sp³-hybridized carbons (Fsp3) is 0.662. The van der Waals surface area contributed by atoms with Crippen LogP contribution >= 0.6 is 0 Å². The number of hydrogen-bond donors (Lipinski definition) is 3. The van der Waals surface area contributed by atoms with Gasteiger partial charge in [0.05, 0.1) is 6.61 Å². The van der Waals surface area contributed by atoms with Crippen molar-refractivity contribution in [1.29, 1.82) is 0 Å². The number of carbonyl (C=O) groups excluding carboxylic acids is 3. The van der Waals surface area contributed by atoms with E-state index >= 15 is 0 Å². The molecule has 1 saturated heterocycles. The maximum Gasteiger partial charge on any atom is 0.335 e. The van der Waals surface area contributed by atoms with E-state index in [-0.39, 0.29) is 25.9 Å². The minimum absolute atomic E-state index is 0.0228. The largest absolute Gasteiger partial charge is 0.479 e. The van der Waals surface area contributed by atoms with Crippen LogP contribution in [0.2, 0.25) is 0 Å². The van der Waals surface area contributed by atoms with E-state index in [2.05, 4.69) is 142 Å². The second kappa shape index (κ2) is 57.5. The van der Waals surface area contributed by atoms with E-state index in [0.29, 0.717) is 19.3 Å². The van der Waals surface area contributed by atoms with Crippen LogP contribution in [-0.4, -0.2) is 89.2 Å². The lowest BCUT2D eigenvalue weighted by Crippen LogP contribution is -2.61. The first-order chi connectivity index (χ1) is 40.6. The third kappa shape index (κ3) is 47.1. The van der Waals surface area contributed by atoms with Crippen molar-refractivity contribution in [3.05, 3.63) is 122 Å². The first-order valence-corrected chi connectivity index (χ1v) is 32.5. The molecule has 1 aliphatic rings. The molecule has 0 aliphatic carbocycles. The molecule has 6 atom stereocenters. The lowest BCUT2D eigenvalue weighted by Gasteiger charge is -2.40. The van der Waals surface area contributed by atoms with Gasteiger partial charge in [-0.3, -0.25) is 14.4 Å². The summed E-state index contributed by atoms with van der Waals surface area (Å²) in [7, 11) is 0. The summed E-state index contributed by atoms with van der Waals surface area (Å²) in [6.07, 6.45) is 67.2. The molecule has 0 aromatic heterocycles. The number of allylic oxidation sites excluding steroid dienone is 20. The summed E-state index contributed by atoms with van der Waals surface area (Å²) in [4.78, 5) is 51.4. The Morgan fingerprint density at radius 2 is 0.759 bits per heavy atom. The second-order valence-electron chi connectivity index (χ2n) is 21.6. The monoisotopic (exact) mass is 1160 g/mol. The summed E-state index contributed by atoms with van der Waals surface area (Å²) >= 11 is 0.